The van der Waals surface area contributed by atoms with E-state index in [-0.39, 0.29) is 17.0 Å². The van der Waals surface area contributed by atoms with Gasteiger partial charge in [-0.25, -0.2) is 9.37 Å². The maximum absolute atomic E-state index is 13.4. The first-order valence-electron chi connectivity index (χ1n) is 9.52. The predicted molar refractivity (Wildman–Crippen MR) is 103 cm³/mol. The summed E-state index contributed by atoms with van der Waals surface area (Å²) in [4.78, 5) is 23.5. The highest BCUT2D eigenvalue weighted by Gasteiger charge is 2.52. The zero-order valence-electron chi connectivity index (χ0n) is 16.5. The van der Waals surface area contributed by atoms with E-state index in [1.807, 2.05) is 4.90 Å². The third-order valence-corrected chi connectivity index (χ3v) is 5.98. The highest BCUT2D eigenvalue weighted by molar-refractivity contribution is 6.34. The molecule has 1 aromatic carbocycles. The van der Waals surface area contributed by atoms with Crippen LogP contribution in [0.15, 0.2) is 12.1 Å². The van der Waals surface area contributed by atoms with Gasteiger partial charge in [0.1, 0.15) is 22.7 Å². The summed E-state index contributed by atoms with van der Waals surface area (Å²) >= 11 is 6.02. The van der Waals surface area contributed by atoms with Crippen LogP contribution in [0.3, 0.4) is 0 Å². The molecule has 0 aliphatic carbocycles. The molecule has 2 aliphatic rings. The monoisotopic (exact) mass is 447 g/mol. The summed E-state index contributed by atoms with van der Waals surface area (Å²) in [6.07, 6.45) is -4.50. The largest absolute Gasteiger partial charge is 0.410 e. The number of amides is 1. The van der Waals surface area contributed by atoms with Gasteiger partial charge >= 0.3 is 6.18 Å². The van der Waals surface area contributed by atoms with Gasteiger partial charge in [-0.05, 0) is 26.0 Å². The number of carbonyl (C=O) groups is 1. The molecule has 1 spiro atoms. The minimum Gasteiger partial charge on any atom is -0.341 e. The lowest BCUT2D eigenvalue weighted by atomic mass is 9.73. The minimum atomic E-state index is -4.50. The molecule has 6 nitrogen and oxygen atoms in total. The van der Waals surface area contributed by atoms with E-state index < -0.39 is 23.4 Å². The molecule has 164 valence electrons. The summed E-state index contributed by atoms with van der Waals surface area (Å²) in [7, 11) is 0. The van der Waals surface area contributed by atoms with Crippen molar-refractivity contribution in [3.63, 3.8) is 0 Å². The van der Waals surface area contributed by atoms with Crippen LogP contribution in [-0.2, 0) is 11.3 Å². The van der Waals surface area contributed by atoms with Gasteiger partial charge in [0.25, 0.3) is 0 Å². The Hall–Kier alpha value is -1.91. The van der Waals surface area contributed by atoms with E-state index >= 15 is 0 Å². The van der Waals surface area contributed by atoms with Crippen LogP contribution in [0.1, 0.15) is 19.7 Å². The Labute approximate surface area is 175 Å². The number of halogens is 5. The molecule has 2 saturated heterocycles. The Morgan fingerprint density at radius 2 is 1.87 bits per heavy atom. The lowest BCUT2D eigenvalue weighted by molar-refractivity contribution is -0.189. The number of aromatic amines is 1. The Morgan fingerprint density at radius 3 is 2.50 bits per heavy atom. The standard InChI is InChI=1S/C19H22ClF4N5O/c1-17(2,19(22,23)24)27-15(30)6-29-9-18(10-29)7-28(8-18)5-14-25-13-4-11(21)3-12(20)16(13)26-14/h3-4H,5-10H2,1-2H3,(H,25,26)(H,27,30). The number of likely N-dealkylation sites (tertiary alicyclic amines) is 2. The second-order valence-corrected chi connectivity index (χ2v) is 9.34. The van der Waals surface area contributed by atoms with Crippen molar-refractivity contribution in [2.45, 2.75) is 32.1 Å². The van der Waals surface area contributed by atoms with Crippen LogP contribution in [0, 0.1) is 11.2 Å². The highest BCUT2D eigenvalue weighted by atomic mass is 35.5. The van der Waals surface area contributed by atoms with E-state index in [9.17, 15) is 22.4 Å². The number of nitrogens with zero attached hydrogens (tertiary/aromatic N) is 3. The molecule has 11 heteroatoms. The van der Waals surface area contributed by atoms with E-state index in [0.717, 1.165) is 26.9 Å². The quantitative estimate of drug-likeness (QED) is 0.692. The van der Waals surface area contributed by atoms with Crippen molar-refractivity contribution in [3.8, 4) is 0 Å². The molecule has 2 aliphatic heterocycles. The lowest BCUT2D eigenvalue weighted by Gasteiger charge is -2.60. The fourth-order valence-electron chi connectivity index (χ4n) is 4.27. The summed E-state index contributed by atoms with van der Waals surface area (Å²) in [6, 6.07) is 2.58. The van der Waals surface area contributed by atoms with Crippen LogP contribution in [-0.4, -0.2) is 70.1 Å². The van der Waals surface area contributed by atoms with E-state index in [4.69, 9.17) is 11.6 Å². The fourth-order valence-corrected chi connectivity index (χ4v) is 4.52. The average molecular weight is 448 g/mol. The molecule has 4 rings (SSSR count). The number of hydrogen-bond donors (Lipinski definition) is 2. The number of aromatic nitrogens is 2. The number of imidazole rings is 1. The smallest absolute Gasteiger partial charge is 0.341 e. The van der Waals surface area contributed by atoms with Gasteiger partial charge in [0.05, 0.1) is 23.6 Å². The number of H-pyrrole nitrogens is 1. The van der Waals surface area contributed by atoms with Gasteiger partial charge in [-0.15, -0.1) is 0 Å². The Morgan fingerprint density at radius 1 is 1.23 bits per heavy atom. The second-order valence-electron chi connectivity index (χ2n) is 8.93. The fraction of sp³-hybridized carbons (Fsp3) is 0.579. The van der Waals surface area contributed by atoms with Gasteiger partial charge in [-0.1, -0.05) is 11.6 Å². The van der Waals surface area contributed by atoms with Crippen molar-refractivity contribution in [1.82, 2.24) is 25.1 Å². The Balaban J connectivity index is 1.24. The first kappa shape index (κ1) is 21.3. The number of fused-ring (bicyclic) bond motifs is 1. The third-order valence-electron chi connectivity index (χ3n) is 5.69. The third kappa shape index (κ3) is 4.00. The highest BCUT2D eigenvalue weighted by Crippen LogP contribution is 2.40. The molecule has 30 heavy (non-hydrogen) atoms. The molecular formula is C19H22ClF4N5O. The number of rotatable bonds is 5. The van der Waals surface area contributed by atoms with Crippen molar-refractivity contribution in [2.75, 3.05) is 32.7 Å². The molecule has 0 radical (unpaired) electrons. The van der Waals surface area contributed by atoms with E-state index in [1.54, 1.807) is 0 Å². The van der Waals surface area contributed by atoms with Crippen molar-refractivity contribution < 1.29 is 22.4 Å². The summed E-state index contributed by atoms with van der Waals surface area (Å²) in [6.45, 7) is 5.36. The van der Waals surface area contributed by atoms with Crippen molar-refractivity contribution >= 4 is 28.5 Å². The van der Waals surface area contributed by atoms with E-state index in [1.165, 1.54) is 12.1 Å². The molecule has 2 fully saturated rings. The molecule has 1 aromatic heterocycles. The number of nitrogens with one attached hydrogen (secondary N) is 2. The maximum Gasteiger partial charge on any atom is 0.410 e. The first-order valence-corrected chi connectivity index (χ1v) is 9.90. The topological polar surface area (TPSA) is 64.3 Å². The summed E-state index contributed by atoms with van der Waals surface area (Å²) in [5.41, 5.74) is -1.10. The number of carbonyl (C=O) groups excluding carboxylic acids is 1. The van der Waals surface area contributed by atoms with Crippen molar-refractivity contribution in [2.24, 2.45) is 5.41 Å². The SMILES string of the molecule is CC(C)(NC(=O)CN1CC2(C1)CN(Cc1nc3c(Cl)cc(F)cc3[nH]1)C2)C(F)(F)F. The molecule has 2 aromatic rings. The van der Waals surface area contributed by atoms with Crippen molar-refractivity contribution in [3.05, 3.63) is 28.8 Å². The van der Waals surface area contributed by atoms with Gasteiger partial charge in [-0.3, -0.25) is 14.6 Å². The van der Waals surface area contributed by atoms with Gasteiger partial charge in [0.2, 0.25) is 5.91 Å². The van der Waals surface area contributed by atoms with Gasteiger partial charge in [-0.2, -0.15) is 13.2 Å². The minimum absolute atomic E-state index is 0.0467. The van der Waals surface area contributed by atoms with Crippen LogP contribution in [0.25, 0.3) is 11.0 Å². The molecule has 3 heterocycles. The van der Waals surface area contributed by atoms with Gasteiger partial charge < -0.3 is 10.3 Å². The summed E-state index contributed by atoms with van der Waals surface area (Å²) < 4.78 is 52.1. The van der Waals surface area contributed by atoms with Crippen LogP contribution in [0.5, 0.6) is 0 Å². The molecule has 1 amide bonds. The van der Waals surface area contributed by atoms with Crippen LogP contribution >= 0.6 is 11.6 Å². The van der Waals surface area contributed by atoms with Gasteiger partial charge in [0, 0.05) is 31.6 Å². The van der Waals surface area contributed by atoms with Crippen LogP contribution in [0.2, 0.25) is 5.02 Å². The molecule has 2 N–H and O–H groups in total. The lowest BCUT2D eigenvalue weighted by Crippen LogP contribution is -2.72. The zero-order valence-corrected chi connectivity index (χ0v) is 17.3. The molecule has 0 bridgehead atoms. The Bertz CT molecular complexity index is 975. The number of benzene rings is 1. The second kappa shape index (κ2) is 7.06. The van der Waals surface area contributed by atoms with Crippen molar-refractivity contribution in [1.29, 1.82) is 0 Å². The van der Waals surface area contributed by atoms with E-state index in [0.29, 0.717) is 36.5 Å². The Kier molecular flexibility index (Phi) is 5.02. The van der Waals surface area contributed by atoms with Crippen LogP contribution in [0.4, 0.5) is 17.6 Å². The average Bonchev–Trinajstić information content (AvgIpc) is 2.91. The number of alkyl halides is 3. The molecular weight excluding hydrogens is 426 g/mol. The normalized spacial score (nSPS) is 19.7. The molecule has 0 unspecified atom stereocenters. The predicted octanol–water partition coefficient (Wildman–Crippen LogP) is 2.93. The van der Waals surface area contributed by atoms with E-state index in [2.05, 4.69) is 20.2 Å². The maximum atomic E-state index is 13.4. The summed E-state index contributed by atoms with van der Waals surface area (Å²) in [5, 5.41) is 2.31. The van der Waals surface area contributed by atoms with Gasteiger partial charge in [0.15, 0.2) is 0 Å². The summed E-state index contributed by atoms with van der Waals surface area (Å²) in [5.74, 6) is -0.366. The number of hydrogen-bond acceptors (Lipinski definition) is 4. The van der Waals surface area contributed by atoms with Crippen LogP contribution < -0.4 is 5.32 Å². The molecule has 0 saturated carbocycles. The molecule has 0 atom stereocenters. The zero-order chi connectivity index (χ0) is 21.9. The first-order chi connectivity index (χ1) is 13.9.